The average Bonchev–Trinajstić information content (AvgIpc) is 3.18. The lowest BCUT2D eigenvalue weighted by Crippen LogP contribution is -2.42. The molecular weight excluding hydrogens is 633 g/mol. The number of ether oxygens (including phenoxy) is 3. The number of hydrogen-bond donors (Lipinski definition) is 0. The molecule has 0 aliphatic heterocycles. The van der Waals surface area contributed by atoms with E-state index in [0.717, 1.165) is 59.8 Å². The molecule has 0 bridgehead atoms. The van der Waals surface area contributed by atoms with Gasteiger partial charge in [0.05, 0.1) is 0 Å². The van der Waals surface area contributed by atoms with Crippen molar-refractivity contribution in [2.24, 2.45) is 23.7 Å². The van der Waals surface area contributed by atoms with E-state index in [1.807, 2.05) is 12.1 Å². The van der Waals surface area contributed by atoms with Gasteiger partial charge in [-0.15, -0.1) is 0 Å². The molecule has 6 rings (SSSR count). The van der Waals surface area contributed by atoms with Gasteiger partial charge in [0, 0.05) is 24.7 Å². The topological polar surface area (TPSA) is 61.8 Å². The third-order valence-electron chi connectivity index (χ3n) is 12.5. The number of hydrogen-bond acceptors (Lipinski definition) is 5. The fraction of sp³-hybridized carbons (Fsp3) is 0.522. The Morgan fingerprint density at radius 2 is 1.00 bits per heavy atom. The first-order valence-electron chi connectivity index (χ1n) is 19.8. The van der Waals surface area contributed by atoms with Crippen molar-refractivity contribution >= 4 is 12.9 Å². The molecule has 0 saturated heterocycles. The summed E-state index contributed by atoms with van der Waals surface area (Å²) in [5.74, 6) is 2.18. The molecule has 4 aliphatic carbocycles. The molecule has 0 aromatic heterocycles. The quantitative estimate of drug-likeness (QED) is 0.164. The van der Waals surface area contributed by atoms with Crippen molar-refractivity contribution in [1.29, 1.82) is 0 Å². The molecule has 2 aromatic rings. The molecule has 0 heterocycles. The van der Waals surface area contributed by atoms with Gasteiger partial charge in [0.1, 0.15) is 23.4 Å². The zero-order valence-electron chi connectivity index (χ0n) is 30.8. The smallest absolute Gasteiger partial charge is 0.293 e. The second kappa shape index (κ2) is 17.7. The minimum atomic E-state index is -0.616. The summed E-state index contributed by atoms with van der Waals surface area (Å²) in [5.41, 5.74) is 3.04. The average molecular weight is 691 g/mol. The van der Waals surface area contributed by atoms with Gasteiger partial charge in [0.2, 0.25) is 0 Å². The first kappa shape index (κ1) is 37.1. The van der Waals surface area contributed by atoms with E-state index in [9.17, 15) is 9.59 Å². The van der Waals surface area contributed by atoms with E-state index < -0.39 is 11.2 Å². The summed E-state index contributed by atoms with van der Waals surface area (Å²) in [4.78, 5) is 23.8. The highest BCUT2D eigenvalue weighted by molar-refractivity contribution is 5.45. The number of benzene rings is 2. The molecule has 0 amide bonds. The van der Waals surface area contributed by atoms with Gasteiger partial charge in [-0.2, -0.15) is 0 Å². The Kier molecular flexibility index (Phi) is 12.9. The van der Waals surface area contributed by atoms with Crippen LogP contribution in [0.25, 0.3) is 0 Å². The second-order valence-corrected chi connectivity index (χ2v) is 15.6. The van der Waals surface area contributed by atoms with Gasteiger partial charge in [-0.1, -0.05) is 150 Å². The van der Waals surface area contributed by atoms with Crippen LogP contribution in [0.1, 0.15) is 127 Å². The van der Waals surface area contributed by atoms with Crippen molar-refractivity contribution in [1.82, 2.24) is 0 Å². The van der Waals surface area contributed by atoms with Crippen LogP contribution in [0.4, 0.5) is 0 Å². The summed E-state index contributed by atoms with van der Waals surface area (Å²) < 4.78 is 19.2. The Balaban J connectivity index is 1.26. The van der Waals surface area contributed by atoms with Crippen LogP contribution in [0.5, 0.6) is 0 Å². The van der Waals surface area contributed by atoms with E-state index in [2.05, 4.69) is 98.8 Å². The first-order valence-corrected chi connectivity index (χ1v) is 19.8. The molecule has 5 nitrogen and oxygen atoms in total. The SMILES string of the molecule is CCCC1CCC(C2(OC=O)C=CC(C(OC(C3=CCC(OC=O)(C4CCC(CCC)CC4)C=C3)c3ccccc3)c3ccccc3)=CC2)CC1. The fourth-order valence-corrected chi connectivity index (χ4v) is 9.63. The molecule has 2 aromatic carbocycles. The third kappa shape index (κ3) is 8.68. The molecule has 2 saturated carbocycles. The van der Waals surface area contributed by atoms with Crippen molar-refractivity contribution in [3.05, 3.63) is 119 Å². The van der Waals surface area contributed by atoms with Gasteiger partial charge in [0.15, 0.2) is 0 Å². The van der Waals surface area contributed by atoms with Crippen molar-refractivity contribution in [2.75, 3.05) is 0 Å². The molecule has 4 atom stereocenters. The molecule has 0 N–H and O–H groups in total. The Hall–Kier alpha value is -3.70. The monoisotopic (exact) mass is 690 g/mol. The van der Waals surface area contributed by atoms with E-state index in [-0.39, 0.29) is 12.2 Å². The van der Waals surface area contributed by atoms with Crippen LogP contribution in [-0.2, 0) is 23.8 Å². The highest BCUT2D eigenvalue weighted by atomic mass is 16.5. The summed E-state index contributed by atoms with van der Waals surface area (Å²) in [7, 11) is 0. The molecular formula is C46H58O5. The maximum absolute atomic E-state index is 11.9. The molecule has 5 heteroatoms. The predicted octanol–water partition coefficient (Wildman–Crippen LogP) is 11.3. The van der Waals surface area contributed by atoms with Crippen LogP contribution < -0.4 is 0 Å². The Morgan fingerprint density at radius 1 is 0.608 bits per heavy atom. The lowest BCUT2D eigenvalue weighted by molar-refractivity contribution is -0.146. The van der Waals surface area contributed by atoms with E-state index in [4.69, 9.17) is 14.2 Å². The Bertz CT molecular complexity index is 1410. The molecule has 4 aliphatic rings. The maximum Gasteiger partial charge on any atom is 0.293 e. The Labute approximate surface area is 306 Å². The van der Waals surface area contributed by atoms with Crippen LogP contribution in [0.2, 0.25) is 0 Å². The van der Waals surface area contributed by atoms with Gasteiger partial charge >= 0.3 is 0 Å². The van der Waals surface area contributed by atoms with E-state index in [0.29, 0.717) is 37.6 Å². The van der Waals surface area contributed by atoms with Gasteiger partial charge in [-0.05, 0) is 71.9 Å². The van der Waals surface area contributed by atoms with Crippen molar-refractivity contribution in [2.45, 2.75) is 127 Å². The zero-order chi connectivity index (χ0) is 35.5. The highest BCUT2D eigenvalue weighted by Gasteiger charge is 2.43. The maximum atomic E-state index is 11.9. The van der Waals surface area contributed by atoms with Crippen LogP contribution in [0.3, 0.4) is 0 Å². The number of carbonyl (C=O) groups excluding carboxylic acids is 2. The van der Waals surface area contributed by atoms with Crippen molar-refractivity contribution < 1.29 is 23.8 Å². The van der Waals surface area contributed by atoms with Crippen molar-refractivity contribution in [3.8, 4) is 0 Å². The summed E-state index contributed by atoms with van der Waals surface area (Å²) >= 11 is 0. The lowest BCUT2D eigenvalue weighted by Gasteiger charge is -2.42. The Morgan fingerprint density at radius 3 is 1.31 bits per heavy atom. The molecule has 4 unspecified atom stereocenters. The van der Waals surface area contributed by atoms with E-state index >= 15 is 0 Å². The minimum Gasteiger partial charge on any atom is -0.456 e. The lowest BCUT2D eigenvalue weighted by atomic mass is 9.69. The van der Waals surface area contributed by atoms with Gasteiger partial charge in [-0.3, -0.25) is 9.59 Å². The third-order valence-corrected chi connectivity index (χ3v) is 12.5. The van der Waals surface area contributed by atoms with E-state index in [1.54, 1.807) is 0 Å². The fourth-order valence-electron chi connectivity index (χ4n) is 9.63. The minimum absolute atomic E-state index is 0.311. The zero-order valence-corrected chi connectivity index (χ0v) is 30.8. The van der Waals surface area contributed by atoms with Crippen molar-refractivity contribution in [3.63, 3.8) is 0 Å². The normalized spacial score (nSPS) is 30.4. The molecule has 0 radical (unpaired) electrons. The van der Waals surface area contributed by atoms with E-state index in [1.165, 1.54) is 51.4 Å². The largest absolute Gasteiger partial charge is 0.456 e. The van der Waals surface area contributed by atoms with Crippen LogP contribution in [0, 0.1) is 23.7 Å². The first-order chi connectivity index (χ1) is 25.0. The summed E-state index contributed by atoms with van der Waals surface area (Å²) in [5, 5.41) is 0. The molecule has 0 spiro atoms. The standard InChI is InChI=1S/C46H58O5/c1-3-11-35-17-21-41(22-18-35)45(49-33-47)29-25-39(26-30-45)43(37-13-7-5-8-14-37)51-44(38-15-9-6-10-16-38)40-27-31-46(32-28-40,50-34-48)42-23-19-36(12-4-2)20-24-42/h5-10,13-16,25-29,31,33-36,41-44H,3-4,11-12,17-24,30,32H2,1-2H3. The van der Waals surface area contributed by atoms with Gasteiger partial charge in [-0.25, -0.2) is 0 Å². The van der Waals surface area contributed by atoms with Crippen LogP contribution in [0.15, 0.2) is 108 Å². The molecule has 272 valence electrons. The molecule has 2 fully saturated rings. The van der Waals surface area contributed by atoms with Gasteiger partial charge < -0.3 is 14.2 Å². The molecule has 51 heavy (non-hydrogen) atoms. The number of rotatable bonds is 16. The highest BCUT2D eigenvalue weighted by Crippen LogP contribution is 2.48. The summed E-state index contributed by atoms with van der Waals surface area (Å²) in [6, 6.07) is 20.8. The summed E-state index contributed by atoms with van der Waals surface area (Å²) in [6.45, 7) is 5.82. The predicted molar refractivity (Wildman–Crippen MR) is 204 cm³/mol. The van der Waals surface area contributed by atoms with Crippen LogP contribution in [-0.4, -0.2) is 24.1 Å². The summed E-state index contributed by atoms with van der Waals surface area (Å²) in [6.07, 6.45) is 27.8. The van der Waals surface area contributed by atoms with Gasteiger partial charge in [0.25, 0.3) is 12.9 Å². The second-order valence-electron chi connectivity index (χ2n) is 15.6. The number of carbonyl (C=O) groups is 2. The van der Waals surface area contributed by atoms with Crippen LogP contribution >= 0.6 is 0 Å².